The molecule has 0 saturated carbocycles. The Hall–Kier alpha value is -1.35. The van der Waals surface area contributed by atoms with Crippen molar-refractivity contribution in [3.05, 3.63) is 35.9 Å². The van der Waals surface area contributed by atoms with Crippen LogP contribution in [0.3, 0.4) is 0 Å². The number of amides is 1. The molecule has 1 amide bonds. The molecule has 1 aliphatic rings. The monoisotopic (exact) mass is 232 g/mol. The highest BCUT2D eigenvalue weighted by Gasteiger charge is 2.30. The molecule has 1 fully saturated rings. The van der Waals surface area contributed by atoms with E-state index in [2.05, 4.69) is 11.9 Å². The lowest BCUT2D eigenvalue weighted by atomic mass is 9.80. The number of hydrogen-bond donors (Lipinski definition) is 1. The van der Waals surface area contributed by atoms with Crippen molar-refractivity contribution < 1.29 is 4.79 Å². The Labute approximate surface area is 103 Å². The topological polar surface area (TPSA) is 46.3 Å². The summed E-state index contributed by atoms with van der Waals surface area (Å²) in [4.78, 5) is 14.0. The maximum absolute atomic E-state index is 11.7. The Bertz CT molecular complexity index is 369. The van der Waals surface area contributed by atoms with Crippen molar-refractivity contribution >= 4 is 5.91 Å². The molecular weight excluding hydrogens is 212 g/mol. The van der Waals surface area contributed by atoms with Crippen molar-refractivity contribution in [1.82, 2.24) is 4.90 Å². The lowest BCUT2D eigenvalue weighted by molar-refractivity contribution is -0.121. The molecule has 2 N–H and O–H groups in total. The Morgan fingerprint density at radius 3 is 2.41 bits per heavy atom. The summed E-state index contributed by atoms with van der Waals surface area (Å²) in [5.41, 5.74) is 6.65. The molecule has 1 heterocycles. The fraction of sp³-hybridized carbons (Fsp3) is 0.500. The van der Waals surface area contributed by atoms with E-state index in [-0.39, 0.29) is 11.8 Å². The minimum Gasteiger partial charge on any atom is -0.369 e. The molecule has 1 aromatic carbocycles. The molecule has 1 aromatic rings. The zero-order valence-electron chi connectivity index (χ0n) is 10.3. The number of carbonyl (C=O) groups is 1. The van der Waals surface area contributed by atoms with Crippen molar-refractivity contribution in [2.75, 3.05) is 20.1 Å². The average Bonchev–Trinajstić information content (AvgIpc) is 2.33. The van der Waals surface area contributed by atoms with Crippen LogP contribution in [0.5, 0.6) is 0 Å². The van der Waals surface area contributed by atoms with Gasteiger partial charge in [0.05, 0.1) is 5.92 Å². The molecule has 1 aliphatic heterocycles. The van der Waals surface area contributed by atoms with Crippen LogP contribution < -0.4 is 5.73 Å². The number of rotatable bonds is 3. The maximum Gasteiger partial charge on any atom is 0.225 e. The normalized spacial score (nSPS) is 20.1. The SMILES string of the molecule is CN1CCC(C(C(N)=O)c2ccccc2)CC1. The van der Waals surface area contributed by atoms with E-state index in [9.17, 15) is 4.79 Å². The van der Waals surface area contributed by atoms with Crippen molar-refractivity contribution in [2.45, 2.75) is 18.8 Å². The molecule has 0 aliphatic carbocycles. The Kier molecular flexibility index (Phi) is 3.79. The van der Waals surface area contributed by atoms with Gasteiger partial charge in [0, 0.05) is 0 Å². The fourth-order valence-electron chi connectivity index (χ4n) is 2.69. The Morgan fingerprint density at radius 1 is 1.29 bits per heavy atom. The highest BCUT2D eigenvalue weighted by molar-refractivity contribution is 5.82. The molecule has 0 spiro atoms. The van der Waals surface area contributed by atoms with Gasteiger partial charge >= 0.3 is 0 Å². The summed E-state index contributed by atoms with van der Waals surface area (Å²) in [6.45, 7) is 2.11. The first kappa shape index (κ1) is 12.1. The van der Waals surface area contributed by atoms with Crippen LogP contribution in [0.4, 0.5) is 0 Å². The van der Waals surface area contributed by atoms with E-state index in [0.717, 1.165) is 31.5 Å². The summed E-state index contributed by atoms with van der Waals surface area (Å²) in [5.74, 6) is 0.0850. The number of piperidine rings is 1. The van der Waals surface area contributed by atoms with E-state index in [1.54, 1.807) is 0 Å². The molecule has 1 saturated heterocycles. The number of hydrogen-bond acceptors (Lipinski definition) is 2. The summed E-state index contributed by atoms with van der Waals surface area (Å²) in [6.07, 6.45) is 2.11. The summed E-state index contributed by atoms with van der Waals surface area (Å²) >= 11 is 0. The average molecular weight is 232 g/mol. The van der Waals surface area contributed by atoms with Crippen LogP contribution in [-0.2, 0) is 4.79 Å². The molecule has 0 bridgehead atoms. The van der Waals surface area contributed by atoms with Gasteiger partial charge in [-0.15, -0.1) is 0 Å². The van der Waals surface area contributed by atoms with Crippen LogP contribution in [-0.4, -0.2) is 30.9 Å². The second-order valence-corrected chi connectivity index (χ2v) is 4.93. The number of nitrogens with two attached hydrogens (primary N) is 1. The standard InChI is InChI=1S/C14H20N2O/c1-16-9-7-12(8-10-16)13(14(15)17)11-5-3-2-4-6-11/h2-6,12-13H,7-10H2,1H3,(H2,15,17). The van der Waals surface area contributed by atoms with Gasteiger partial charge in [-0.3, -0.25) is 4.79 Å². The van der Waals surface area contributed by atoms with Crippen molar-refractivity contribution in [3.8, 4) is 0 Å². The van der Waals surface area contributed by atoms with Crippen LogP contribution >= 0.6 is 0 Å². The van der Waals surface area contributed by atoms with Crippen molar-refractivity contribution in [3.63, 3.8) is 0 Å². The van der Waals surface area contributed by atoms with Crippen LogP contribution in [0.25, 0.3) is 0 Å². The first-order valence-electron chi connectivity index (χ1n) is 6.21. The van der Waals surface area contributed by atoms with Crippen LogP contribution in [0.1, 0.15) is 24.3 Å². The number of nitrogens with zero attached hydrogens (tertiary/aromatic N) is 1. The molecule has 17 heavy (non-hydrogen) atoms. The molecule has 3 nitrogen and oxygen atoms in total. The molecule has 0 radical (unpaired) electrons. The number of likely N-dealkylation sites (tertiary alicyclic amines) is 1. The van der Waals surface area contributed by atoms with Gasteiger partial charge in [-0.2, -0.15) is 0 Å². The zero-order valence-corrected chi connectivity index (χ0v) is 10.3. The summed E-state index contributed by atoms with van der Waals surface area (Å²) in [7, 11) is 2.12. The predicted molar refractivity (Wildman–Crippen MR) is 68.6 cm³/mol. The van der Waals surface area contributed by atoms with Gasteiger partial charge in [-0.25, -0.2) is 0 Å². The van der Waals surface area contributed by atoms with E-state index < -0.39 is 0 Å². The molecule has 1 unspecified atom stereocenters. The lowest BCUT2D eigenvalue weighted by Gasteiger charge is -2.33. The van der Waals surface area contributed by atoms with E-state index in [1.807, 2.05) is 30.3 Å². The van der Waals surface area contributed by atoms with Gasteiger partial charge in [0.25, 0.3) is 0 Å². The first-order chi connectivity index (χ1) is 8.18. The largest absolute Gasteiger partial charge is 0.369 e. The van der Waals surface area contributed by atoms with E-state index in [0.29, 0.717) is 5.92 Å². The second-order valence-electron chi connectivity index (χ2n) is 4.93. The third-order valence-electron chi connectivity index (χ3n) is 3.70. The smallest absolute Gasteiger partial charge is 0.225 e. The van der Waals surface area contributed by atoms with Crippen LogP contribution in [0.15, 0.2) is 30.3 Å². The van der Waals surface area contributed by atoms with Gasteiger partial charge in [0.2, 0.25) is 5.91 Å². The molecule has 1 atom stereocenters. The minimum atomic E-state index is -0.189. The number of benzene rings is 1. The van der Waals surface area contributed by atoms with Gasteiger partial charge in [0.15, 0.2) is 0 Å². The molecular formula is C14H20N2O. The Balaban J connectivity index is 2.16. The lowest BCUT2D eigenvalue weighted by Crippen LogP contribution is -2.37. The second kappa shape index (κ2) is 5.32. The summed E-state index contributed by atoms with van der Waals surface area (Å²) in [6, 6.07) is 9.93. The number of carbonyl (C=O) groups excluding carboxylic acids is 1. The van der Waals surface area contributed by atoms with Crippen molar-refractivity contribution in [2.24, 2.45) is 11.7 Å². The molecule has 2 rings (SSSR count). The highest BCUT2D eigenvalue weighted by atomic mass is 16.1. The van der Waals surface area contributed by atoms with Gasteiger partial charge in [0.1, 0.15) is 0 Å². The van der Waals surface area contributed by atoms with Gasteiger partial charge in [-0.05, 0) is 44.5 Å². The third-order valence-corrected chi connectivity index (χ3v) is 3.70. The van der Waals surface area contributed by atoms with E-state index >= 15 is 0 Å². The highest BCUT2D eigenvalue weighted by Crippen LogP contribution is 2.32. The zero-order chi connectivity index (χ0) is 12.3. The van der Waals surface area contributed by atoms with Crippen molar-refractivity contribution in [1.29, 1.82) is 0 Å². The minimum absolute atomic E-state index is 0.120. The third kappa shape index (κ3) is 2.86. The number of primary amides is 1. The van der Waals surface area contributed by atoms with E-state index in [1.165, 1.54) is 0 Å². The Morgan fingerprint density at radius 2 is 1.88 bits per heavy atom. The summed E-state index contributed by atoms with van der Waals surface area (Å²) < 4.78 is 0. The predicted octanol–water partition coefficient (Wildman–Crippen LogP) is 1.60. The van der Waals surface area contributed by atoms with Crippen LogP contribution in [0, 0.1) is 5.92 Å². The molecule has 3 heteroatoms. The first-order valence-corrected chi connectivity index (χ1v) is 6.21. The molecule has 0 aromatic heterocycles. The fourth-order valence-corrected chi connectivity index (χ4v) is 2.69. The van der Waals surface area contributed by atoms with Gasteiger partial charge < -0.3 is 10.6 Å². The molecule has 92 valence electrons. The summed E-state index contributed by atoms with van der Waals surface area (Å²) in [5, 5.41) is 0. The quantitative estimate of drug-likeness (QED) is 0.860. The van der Waals surface area contributed by atoms with Crippen LogP contribution in [0.2, 0.25) is 0 Å². The van der Waals surface area contributed by atoms with E-state index in [4.69, 9.17) is 5.73 Å². The maximum atomic E-state index is 11.7. The van der Waals surface area contributed by atoms with Gasteiger partial charge in [-0.1, -0.05) is 30.3 Å².